The van der Waals surface area contributed by atoms with E-state index >= 15 is 0 Å². The summed E-state index contributed by atoms with van der Waals surface area (Å²) in [7, 11) is 1.75. The molecule has 2 N–H and O–H groups in total. The zero-order valence-electron chi connectivity index (χ0n) is 21.2. The molecule has 2 aliphatic rings. The first-order chi connectivity index (χ1) is 18.6. The molecule has 4 heterocycles. The van der Waals surface area contributed by atoms with Crippen LogP contribution >= 0.6 is 0 Å². The van der Waals surface area contributed by atoms with Gasteiger partial charge in [-0.15, -0.1) is 0 Å². The largest absolute Gasteiger partial charge is 0.490 e. The fourth-order valence-corrected chi connectivity index (χ4v) is 4.99. The van der Waals surface area contributed by atoms with Gasteiger partial charge in [-0.05, 0) is 49.2 Å². The number of hydrogen-bond donors (Lipinski definition) is 2. The lowest BCUT2D eigenvalue weighted by atomic mass is 10.2. The minimum Gasteiger partial charge on any atom is -0.490 e. The zero-order chi connectivity index (χ0) is 25.9. The lowest BCUT2D eigenvalue weighted by Crippen LogP contribution is -2.40. The standard InChI is InChI=1S/C28H30N6O4/c1-36-20-3-4-21(16-20)38-22-6-8-29-25(17-22)24-7-9-30-28(33-24)31-19-2-5-23-18(14-19)15-26(32-23)27(35)34-10-12-37-13-11-34/h2,5-9,14-15,17,20-21,32H,3-4,10-13,16H2,1H3,(H,30,31,33). The number of ether oxygens (including phenoxy) is 3. The molecule has 2 atom stereocenters. The smallest absolute Gasteiger partial charge is 0.270 e. The van der Waals surface area contributed by atoms with Crippen LogP contribution in [0.4, 0.5) is 11.6 Å². The second-order valence-corrected chi connectivity index (χ2v) is 9.57. The Morgan fingerprint density at radius 2 is 1.87 bits per heavy atom. The van der Waals surface area contributed by atoms with Crippen LogP contribution in [0, 0.1) is 0 Å². The number of hydrogen-bond acceptors (Lipinski definition) is 8. The van der Waals surface area contributed by atoms with Gasteiger partial charge in [-0.1, -0.05) is 0 Å². The van der Waals surface area contributed by atoms with Crippen LogP contribution in [0.5, 0.6) is 5.75 Å². The molecule has 1 saturated heterocycles. The number of fused-ring (bicyclic) bond motifs is 1. The molecule has 196 valence electrons. The summed E-state index contributed by atoms with van der Waals surface area (Å²) in [5.41, 5.74) is 3.68. The summed E-state index contributed by atoms with van der Waals surface area (Å²) in [5, 5.41) is 4.20. The summed E-state index contributed by atoms with van der Waals surface area (Å²) in [6.45, 7) is 2.35. The first-order valence-corrected chi connectivity index (χ1v) is 12.9. The number of nitrogens with one attached hydrogen (secondary N) is 2. The van der Waals surface area contributed by atoms with E-state index in [-0.39, 0.29) is 18.1 Å². The van der Waals surface area contributed by atoms with Crippen molar-refractivity contribution in [3.05, 3.63) is 60.6 Å². The van der Waals surface area contributed by atoms with E-state index in [1.165, 1.54) is 0 Å². The number of methoxy groups -OCH3 is 1. The van der Waals surface area contributed by atoms with Gasteiger partial charge in [0.1, 0.15) is 17.5 Å². The third-order valence-corrected chi connectivity index (χ3v) is 7.03. The molecular weight excluding hydrogens is 484 g/mol. The third-order valence-electron chi connectivity index (χ3n) is 7.03. The van der Waals surface area contributed by atoms with Gasteiger partial charge in [0.25, 0.3) is 5.91 Å². The maximum Gasteiger partial charge on any atom is 0.270 e. The molecule has 1 aromatic carbocycles. The Balaban J connectivity index is 1.16. The third kappa shape index (κ3) is 5.32. The monoisotopic (exact) mass is 514 g/mol. The Kier molecular flexibility index (Phi) is 6.89. The first-order valence-electron chi connectivity index (χ1n) is 12.9. The molecule has 1 aliphatic heterocycles. The summed E-state index contributed by atoms with van der Waals surface area (Å²) in [6, 6.07) is 13.3. The molecule has 0 radical (unpaired) electrons. The molecule has 2 fully saturated rings. The van der Waals surface area contributed by atoms with E-state index in [9.17, 15) is 4.79 Å². The number of aromatic amines is 1. The molecule has 2 unspecified atom stereocenters. The van der Waals surface area contributed by atoms with Crippen LogP contribution in [-0.2, 0) is 9.47 Å². The van der Waals surface area contributed by atoms with Gasteiger partial charge in [0.2, 0.25) is 5.95 Å². The highest BCUT2D eigenvalue weighted by Gasteiger charge is 2.26. The van der Waals surface area contributed by atoms with Crippen molar-refractivity contribution in [2.45, 2.75) is 31.5 Å². The van der Waals surface area contributed by atoms with E-state index in [2.05, 4.69) is 25.3 Å². The highest BCUT2D eigenvalue weighted by Crippen LogP contribution is 2.28. The summed E-state index contributed by atoms with van der Waals surface area (Å²) >= 11 is 0. The molecule has 10 nitrogen and oxygen atoms in total. The highest BCUT2D eigenvalue weighted by molar-refractivity contribution is 5.98. The van der Waals surface area contributed by atoms with Gasteiger partial charge in [-0.3, -0.25) is 9.78 Å². The van der Waals surface area contributed by atoms with Crippen LogP contribution in [-0.4, -0.2) is 76.4 Å². The molecule has 6 rings (SSSR count). The lowest BCUT2D eigenvalue weighted by molar-refractivity contribution is 0.0299. The maximum absolute atomic E-state index is 12.8. The van der Waals surface area contributed by atoms with Crippen LogP contribution in [0.15, 0.2) is 54.9 Å². The minimum absolute atomic E-state index is 0.0137. The Hall–Kier alpha value is -4.02. The molecule has 3 aromatic heterocycles. The van der Waals surface area contributed by atoms with Crippen LogP contribution in [0.2, 0.25) is 0 Å². The van der Waals surface area contributed by atoms with Crippen LogP contribution in [0.25, 0.3) is 22.3 Å². The van der Waals surface area contributed by atoms with Crippen LogP contribution in [0.3, 0.4) is 0 Å². The molecule has 4 aromatic rings. The number of carbonyl (C=O) groups is 1. The van der Waals surface area contributed by atoms with Crippen molar-refractivity contribution >= 4 is 28.4 Å². The second kappa shape index (κ2) is 10.8. The van der Waals surface area contributed by atoms with E-state index in [0.29, 0.717) is 49.3 Å². The van der Waals surface area contributed by atoms with Gasteiger partial charge in [0.05, 0.1) is 30.7 Å². The predicted molar refractivity (Wildman–Crippen MR) is 143 cm³/mol. The predicted octanol–water partition coefficient (Wildman–Crippen LogP) is 4.18. The number of H-pyrrole nitrogens is 1. The number of morpholine rings is 1. The number of benzene rings is 1. The van der Waals surface area contributed by atoms with Crippen molar-refractivity contribution < 1.29 is 19.0 Å². The molecule has 10 heteroatoms. The molecule has 38 heavy (non-hydrogen) atoms. The van der Waals surface area contributed by atoms with Crippen molar-refractivity contribution in [2.75, 3.05) is 38.7 Å². The Morgan fingerprint density at radius 1 is 1.03 bits per heavy atom. The number of carbonyl (C=O) groups excluding carboxylic acids is 1. The Morgan fingerprint density at radius 3 is 2.71 bits per heavy atom. The summed E-state index contributed by atoms with van der Waals surface area (Å²) < 4.78 is 17.0. The molecule has 1 saturated carbocycles. The number of amides is 1. The lowest BCUT2D eigenvalue weighted by Gasteiger charge is -2.26. The fraction of sp³-hybridized carbons (Fsp3) is 0.357. The van der Waals surface area contributed by atoms with E-state index in [1.54, 1.807) is 19.5 Å². The van der Waals surface area contributed by atoms with Crippen molar-refractivity contribution in [2.24, 2.45) is 0 Å². The topological polar surface area (TPSA) is 114 Å². The average molecular weight is 515 g/mol. The first kappa shape index (κ1) is 24.3. The fourth-order valence-electron chi connectivity index (χ4n) is 4.99. The van der Waals surface area contributed by atoms with E-state index in [4.69, 9.17) is 14.2 Å². The minimum atomic E-state index is -0.0137. The summed E-state index contributed by atoms with van der Waals surface area (Å²) in [6.07, 6.45) is 6.73. The van der Waals surface area contributed by atoms with Gasteiger partial charge in [0, 0.05) is 61.7 Å². The van der Waals surface area contributed by atoms with E-state index in [0.717, 1.165) is 41.6 Å². The van der Waals surface area contributed by atoms with Crippen LogP contribution < -0.4 is 10.1 Å². The number of nitrogens with zero attached hydrogens (tertiary/aromatic N) is 4. The quantitative estimate of drug-likeness (QED) is 0.378. The number of pyridine rings is 1. The van der Waals surface area contributed by atoms with Crippen molar-refractivity contribution in [3.8, 4) is 17.1 Å². The normalized spacial score (nSPS) is 19.6. The van der Waals surface area contributed by atoms with Gasteiger partial charge >= 0.3 is 0 Å². The van der Waals surface area contributed by atoms with E-state index < -0.39 is 0 Å². The zero-order valence-corrected chi connectivity index (χ0v) is 21.2. The van der Waals surface area contributed by atoms with Crippen molar-refractivity contribution in [1.82, 2.24) is 24.8 Å². The van der Waals surface area contributed by atoms with Gasteiger partial charge < -0.3 is 29.4 Å². The molecule has 0 spiro atoms. The number of rotatable bonds is 7. The summed E-state index contributed by atoms with van der Waals surface area (Å²) in [5.74, 6) is 1.21. The van der Waals surface area contributed by atoms with Gasteiger partial charge in [-0.2, -0.15) is 0 Å². The summed E-state index contributed by atoms with van der Waals surface area (Å²) in [4.78, 5) is 31.4. The van der Waals surface area contributed by atoms with Crippen molar-refractivity contribution in [3.63, 3.8) is 0 Å². The Bertz CT molecular complexity index is 1430. The van der Waals surface area contributed by atoms with Gasteiger partial charge in [-0.25, -0.2) is 9.97 Å². The average Bonchev–Trinajstić information content (AvgIpc) is 3.60. The Labute approximate surface area is 220 Å². The molecule has 1 aliphatic carbocycles. The maximum atomic E-state index is 12.8. The SMILES string of the molecule is COC1CCC(Oc2ccnc(-c3ccnc(Nc4ccc5[nH]c(C(=O)N6CCOCC6)cc5c4)n3)c2)C1. The number of aromatic nitrogens is 4. The van der Waals surface area contributed by atoms with Gasteiger partial charge in [0.15, 0.2) is 0 Å². The van der Waals surface area contributed by atoms with E-state index in [1.807, 2.05) is 47.4 Å². The number of anilines is 2. The molecular formula is C28H30N6O4. The molecule has 1 amide bonds. The molecule has 0 bridgehead atoms. The second-order valence-electron chi connectivity index (χ2n) is 9.57. The van der Waals surface area contributed by atoms with Crippen molar-refractivity contribution in [1.29, 1.82) is 0 Å². The highest BCUT2D eigenvalue weighted by atomic mass is 16.5. The van der Waals surface area contributed by atoms with Crippen LogP contribution in [0.1, 0.15) is 29.8 Å².